The van der Waals surface area contributed by atoms with Crippen LogP contribution in [0.2, 0.25) is 0 Å². The fourth-order valence-corrected chi connectivity index (χ4v) is 3.25. The molecule has 1 aliphatic rings. The van der Waals surface area contributed by atoms with E-state index in [1.165, 1.54) is 39.2 Å². The van der Waals surface area contributed by atoms with E-state index in [1.807, 2.05) is 13.8 Å². The van der Waals surface area contributed by atoms with Crippen LogP contribution in [-0.4, -0.2) is 19.0 Å². The SMILES string of the molecule is CCC(CC)(CC1CCCCC1)C(=O)NC(=O)NOC. The first-order valence-corrected chi connectivity index (χ1v) is 7.72. The zero-order valence-corrected chi connectivity index (χ0v) is 13.0. The van der Waals surface area contributed by atoms with E-state index in [0.29, 0.717) is 5.92 Å². The second-order valence-electron chi connectivity index (χ2n) is 5.79. The molecular formula is C15H28N2O3. The third-order valence-electron chi connectivity index (χ3n) is 4.66. The van der Waals surface area contributed by atoms with Gasteiger partial charge in [-0.25, -0.2) is 10.3 Å². The van der Waals surface area contributed by atoms with E-state index in [9.17, 15) is 9.59 Å². The molecule has 0 saturated heterocycles. The molecule has 3 amide bonds. The molecule has 1 fully saturated rings. The quantitative estimate of drug-likeness (QED) is 0.736. The fraction of sp³-hybridized carbons (Fsp3) is 0.867. The Morgan fingerprint density at radius 2 is 1.75 bits per heavy atom. The van der Waals surface area contributed by atoms with Crippen molar-refractivity contribution < 1.29 is 14.4 Å². The molecule has 1 rings (SSSR count). The van der Waals surface area contributed by atoms with Gasteiger partial charge < -0.3 is 0 Å². The average molecular weight is 284 g/mol. The van der Waals surface area contributed by atoms with Gasteiger partial charge in [-0.1, -0.05) is 46.0 Å². The highest BCUT2D eigenvalue weighted by Crippen LogP contribution is 2.39. The Morgan fingerprint density at radius 3 is 2.25 bits per heavy atom. The van der Waals surface area contributed by atoms with Gasteiger partial charge in [-0.3, -0.25) is 14.9 Å². The van der Waals surface area contributed by atoms with Crippen molar-refractivity contribution in [2.24, 2.45) is 11.3 Å². The number of carbonyl (C=O) groups excluding carboxylic acids is 2. The minimum Gasteiger partial charge on any atom is -0.276 e. The fourth-order valence-electron chi connectivity index (χ4n) is 3.25. The van der Waals surface area contributed by atoms with Gasteiger partial charge in [0.1, 0.15) is 0 Å². The van der Waals surface area contributed by atoms with Gasteiger partial charge in [0.25, 0.3) is 0 Å². The number of urea groups is 1. The second kappa shape index (κ2) is 8.25. The van der Waals surface area contributed by atoms with Crippen LogP contribution in [0.5, 0.6) is 0 Å². The molecule has 1 saturated carbocycles. The van der Waals surface area contributed by atoms with Crippen LogP contribution >= 0.6 is 0 Å². The highest BCUT2D eigenvalue weighted by Gasteiger charge is 2.38. The van der Waals surface area contributed by atoms with Gasteiger partial charge in [0.05, 0.1) is 7.11 Å². The van der Waals surface area contributed by atoms with Crippen molar-refractivity contribution in [2.75, 3.05) is 7.11 Å². The Hall–Kier alpha value is -1.10. The van der Waals surface area contributed by atoms with Crippen molar-refractivity contribution >= 4 is 11.9 Å². The van der Waals surface area contributed by atoms with Gasteiger partial charge >= 0.3 is 6.03 Å². The maximum Gasteiger partial charge on any atom is 0.345 e. The Labute approximate surface area is 121 Å². The third kappa shape index (κ3) is 4.47. The molecule has 0 aliphatic heterocycles. The monoisotopic (exact) mass is 284 g/mol. The summed E-state index contributed by atoms with van der Waals surface area (Å²) in [6, 6.07) is -0.590. The molecular weight excluding hydrogens is 256 g/mol. The average Bonchev–Trinajstić information content (AvgIpc) is 2.46. The molecule has 0 aromatic carbocycles. The van der Waals surface area contributed by atoms with Crippen molar-refractivity contribution in [2.45, 2.75) is 65.2 Å². The summed E-state index contributed by atoms with van der Waals surface area (Å²) >= 11 is 0. The van der Waals surface area contributed by atoms with E-state index >= 15 is 0 Å². The van der Waals surface area contributed by atoms with Gasteiger partial charge in [-0.15, -0.1) is 0 Å². The summed E-state index contributed by atoms with van der Waals surface area (Å²) in [6.45, 7) is 4.06. The van der Waals surface area contributed by atoms with Crippen LogP contribution in [0.4, 0.5) is 4.79 Å². The summed E-state index contributed by atoms with van der Waals surface area (Å²) in [5, 5.41) is 2.40. The normalized spacial score (nSPS) is 16.8. The molecule has 0 spiro atoms. The molecule has 0 atom stereocenters. The first kappa shape index (κ1) is 17.0. The van der Waals surface area contributed by atoms with Crippen molar-refractivity contribution in [3.8, 4) is 0 Å². The molecule has 5 nitrogen and oxygen atoms in total. The third-order valence-corrected chi connectivity index (χ3v) is 4.66. The lowest BCUT2D eigenvalue weighted by atomic mass is 9.71. The maximum absolute atomic E-state index is 12.5. The predicted molar refractivity (Wildman–Crippen MR) is 77.9 cm³/mol. The molecule has 0 aromatic rings. The Morgan fingerprint density at radius 1 is 1.15 bits per heavy atom. The lowest BCUT2D eigenvalue weighted by molar-refractivity contribution is -0.132. The van der Waals surface area contributed by atoms with Crippen LogP contribution in [0.15, 0.2) is 0 Å². The van der Waals surface area contributed by atoms with E-state index in [4.69, 9.17) is 0 Å². The molecule has 116 valence electrons. The van der Waals surface area contributed by atoms with Crippen LogP contribution in [0, 0.1) is 11.3 Å². The summed E-state index contributed by atoms with van der Waals surface area (Å²) in [5.41, 5.74) is 1.69. The molecule has 0 aromatic heterocycles. The minimum absolute atomic E-state index is 0.178. The summed E-state index contributed by atoms with van der Waals surface area (Å²) < 4.78 is 0. The van der Waals surface area contributed by atoms with Gasteiger partial charge in [-0.2, -0.15) is 0 Å². The summed E-state index contributed by atoms with van der Waals surface area (Å²) in [4.78, 5) is 28.4. The van der Waals surface area contributed by atoms with E-state index in [2.05, 4.69) is 15.6 Å². The molecule has 0 bridgehead atoms. The van der Waals surface area contributed by atoms with Crippen molar-refractivity contribution in [3.05, 3.63) is 0 Å². The zero-order chi connectivity index (χ0) is 15.0. The molecule has 20 heavy (non-hydrogen) atoms. The topological polar surface area (TPSA) is 67.4 Å². The molecule has 2 N–H and O–H groups in total. The molecule has 0 heterocycles. The Balaban J connectivity index is 2.68. The number of nitrogens with one attached hydrogen (secondary N) is 2. The van der Waals surface area contributed by atoms with Crippen molar-refractivity contribution in [3.63, 3.8) is 0 Å². The van der Waals surface area contributed by atoms with Gasteiger partial charge in [0, 0.05) is 5.41 Å². The number of rotatable bonds is 6. The first-order valence-electron chi connectivity index (χ1n) is 7.72. The zero-order valence-electron chi connectivity index (χ0n) is 13.0. The van der Waals surface area contributed by atoms with Crippen molar-refractivity contribution in [1.29, 1.82) is 0 Å². The minimum atomic E-state index is -0.590. The summed E-state index contributed by atoms with van der Waals surface area (Å²) in [5.74, 6) is 0.433. The van der Waals surface area contributed by atoms with E-state index in [0.717, 1.165) is 19.3 Å². The number of hydrogen-bond donors (Lipinski definition) is 2. The van der Waals surface area contributed by atoms with Gasteiger partial charge in [-0.05, 0) is 25.2 Å². The number of carbonyl (C=O) groups is 2. The molecule has 0 radical (unpaired) electrons. The van der Waals surface area contributed by atoms with Crippen LogP contribution in [-0.2, 0) is 9.63 Å². The maximum atomic E-state index is 12.5. The molecule has 1 aliphatic carbocycles. The second-order valence-corrected chi connectivity index (χ2v) is 5.79. The van der Waals surface area contributed by atoms with E-state index in [1.54, 1.807) is 0 Å². The van der Waals surface area contributed by atoms with Gasteiger partial charge in [0.2, 0.25) is 5.91 Å². The first-order chi connectivity index (χ1) is 9.57. The van der Waals surface area contributed by atoms with Gasteiger partial charge in [0.15, 0.2) is 0 Å². The largest absolute Gasteiger partial charge is 0.345 e. The Bertz CT molecular complexity index is 321. The van der Waals surface area contributed by atoms with Crippen LogP contribution in [0.25, 0.3) is 0 Å². The van der Waals surface area contributed by atoms with Crippen molar-refractivity contribution in [1.82, 2.24) is 10.8 Å². The number of imide groups is 1. The standard InChI is InChI=1S/C15H28N2O3/c1-4-15(5-2,11-12-9-7-6-8-10-12)13(18)16-14(19)17-20-3/h12H,4-11H2,1-3H3,(H2,16,17,18,19). The van der Waals surface area contributed by atoms with E-state index < -0.39 is 11.4 Å². The summed E-state index contributed by atoms with van der Waals surface area (Å²) in [7, 11) is 1.35. The van der Waals surface area contributed by atoms with Crippen LogP contribution in [0.3, 0.4) is 0 Å². The highest BCUT2D eigenvalue weighted by molar-refractivity contribution is 5.96. The van der Waals surface area contributed by atoms with E-state index in [-0.39, 0.29) is 5.91 Å². The Kier molecular flexibility index (Phi) is 6.99. The summed E-state index contributed by atoms with van der Waals surface area (Å²) in [6.07, 6.45) is 8.65. The number of hydroxylamine groups is 1. The lowest BCUT2D eigenvalue weighted by Crippen LogP contribution is -2.47. The predicted octanol–water partition coefficient (Wildman–Crippen LogP) is 3.15. The highest BCUT2D eigenvalue weighted by atomic mass is 16.6. The number of amides is 3. The lowest BCUT2D eigenvalue weighted by Gasteiger charge is -2.35. The molecule has 0 unspecified atom stereocenters. The van der Waals surface area contributed by atoms with Crippen LogP contribution in [0.1, 0.15) is 65.2 Å². The number of hydrogen-bond acceptors (Lipinski definition) is 3. The smallest absolute Gasteiger partial charge is 0.276 e. The molecule has 5 heteroatoms. The van der Waals surface area contributed by atoms with Crippen LogP contribution < -0.4 is 10.8 Å².